The van der Waals surface area contributed by atoms with Crippen molar-refractivity contribution in [3.63, 3.8) is 0 Å². The van der Waals surface area contributed by atoms with E-state index in [2.05, 4.69) is 73.5 Å². The third kappa shape index (κ3) is 2.40. The summed E-state index contributed by atoms with van der Waals surface area (Å²) in [6.45, 7) is 8.97. The van der Waals surface area contributed by atoms with Gasteiger partial charge in [-0.2, -0.15) is 0 Å². The van der Waals surface area contributed by atoms with Crippen LogP contribution in [-0.2, 0) is 0 Å². The summed E-state index contributed by atoms with van der Waals surface area (Å²) in [5, 5.41) is 6.33. The molecule has 2 heteroatoms. The second-order valence-electron chi connectivity index (χ2n) is 6.41. The quantitative estimate of drug-likeness (QED) is 0.910. The topological polar surface area (TPSA) is 15.3 Å². The molecule has 0 amide bonds. The minimum atomic E-state index is 0.253. The van der Waals surface area contributed by atoms with Gasteiger partial charge in [-0.25, -0.2) is 0 Å². The van der Waals surface area contributed by atoms with Crippen LogP contribution in [0, 0.1) is 0 Å². The predicted molar refractivity (Wildman–Crippen MR) is 87.5 cm³/mol. The van der Waals surface area contributed by atoms with E-state index >= 15 is 0 Å². The first-order chi connectivity index (χ1) is 9.61. The van der Waals surface area contributed by atoms with Crippen LogP contribution in [0.5, 0.6) is 0 Å². The zero-order valence-corrected chi connectivity index (χ0v) is 12.7. The van der Waals surface area contributed by atoms with Gasteiger partial charge in [0.15, 0.2) is 0 Å². The fraction of sp³-hybridized carbons (Fsp3) is 0.444. The van der Waals surface area contributed by atoms with Crippen LogP contribution in [0.25, 0.3) is 10.8 Å². The Morgan fingerprint density at radius 3 is 2.60 bits per heavy atom. The number of benzene rings is 2. The van der Waals surface area contributed by atoms with Crippen molar-refractivity contribution in [2.24, 2.45) is 0 Å². The SMILES string of the molecule is CCN(c1cccc2ccccc12)C1CNC(C)(C)C1. The van der Waals surface area contributed by atoms with Gasteiger partial charge in [-0.1, -0.05) is 36.4 Å². The second-order valence-corrected chi connectivity index (χ2v) is 6.41. The van der Waals surface area contributed by atoms with Crippen LogP contribution in [-0.4, -0.2) is 24.7 Å². The third-order valence-electron chi connectivity index (χ3n) is 4.42. The van der Waals surface area contributed by atoms with Gasteiger partial charge in [0.2, 0.25) is 0 Å². The van der Waals surface area contributed by atoms with Crippen molar-refractivity contribution in [3.05, 3.63) is 42.5 Å². The van der Waals surface area contributed by atoms with E-state index in [1.807, 2.05) is 0 Å². The summed E-state index contributed by atoms with van der Waals surface area (Å²) >= 11 is 0. The molecule has 20 heavy (non-hydrogen) atoms. The predicted octanol–water partition coefficient (Wildman–Crippen LogP) is 3.81. The van der Waals surface area contributed by atoms with E-state index in [0.29, 0.717) is 6.04 Å². The third-order valence-corrected chi connectivity index (χ3v) is 4.42. The van der Waals surface area contributed by atoms with E-state index in [0.717, 1.165) is 13.1 Å². The van der Waals surface area contributed by atoms with Crippen LogP contribution in [0.15, 0.2) is 42.5 Å². The van der Waals surface area contributed by atoms with Crippen molar-refractivity contribution < 1.29 is 0 Å². The lowest BCUT2D eigenvalue weighted by Crippen LogP contribution is -2.36. The number of anilines is 1. The molecule has 0 aliphatic carbocycles. The fourth-order valence-corrected chi connectivity index (χ4v) is 3.43. The monoisotopic (exact) mass is 268 g/mol. The number of nitrogens with zero attached hydrogens (tertiary/aromatic N) is 1. The normalized spacial score (nSPS) is 21.2. The van der Waals surface area contributed by atoms with Gasteiger partial charge in [0.05, 0.1) is 0 Å². The van der Waals surface area contributed by atoms with Crippen LogP contribution < -0.4 is 10.2 Å². The number of likely N-dealkylation sites (N-methyl/N-ethyl adjacent to an activating group) is 1. The van der Waals surface area contributed by atoms with Crippen LogP contribution in [0.1, 0.15) is 27.2 Å². The van der Waals surface area contributed by atoms with Crippen LogP contribution in [0.2, 0.25) is 0 Å². The first-order valence-electron chi connectivity index (χ1n) is 7.60. The first kappa shape index (κ1) is 13.4. The summed E-state index contributed by atoms with van der Waals surface area (Å²) in [6, 6.07) is 15.9. The van der Waals surface area contributed by atoms with Gasteiger partial charge >= 0.3 is 0 Å². The lowest BCUT2D eigenvalue weighted by molar-refractivity contribution is 0.453. The molecule has 0 radical (unpaired) electrons. The molecule has 106 valence electrons. The average Bonchev–Trinajstić information content (AvgIpc) is 2.80. The van der Waals surface area contributed by atoms with Crippen LogP contribution in [0.3, 0.4) is 0 Å². The Bertz CT molecular complexity index is 598. The molecular weight excluding hydrogens is 244 g/mol. The van der Waals surface area contributed by atoms with Gasteiger partial charge in [0, 0.05) is 35.7 Å². The molecule has 1 aliphatic heterocycles. The number of hydrogen-bond acceptors (Lipinski definition) is 2. The molecule has 0 saturated carbocycles. The highest BCUT2D eigenvalue weighted by Gasteiger charge is 2.33. The Labute approximate surface area is 121 Å². The molecule has 1 fully saturated rings. The van der Waals surface area contributed by atoms with Gasteiger partial charge in [-0.3, -0.25) is 0 Å². The molecule has 0 bridgehead atoms. The maximum Gasteiger partial charge on any atom is 0.0448 e. The smallest absolute Gasteiger partial charge is 0.0448 e. The van der Waals surface area contributed by atoms with Crippen molar-refractivity contribution in [3.8, 4) is 0 Å². The first-order valence-corrected chi connectivity index (χ1v) is 7.60. The molecule has 2 aromatic carbocycles. The molecule has 1 aliphatic rings. The minimum Gasteiger partial charge on any atom is -0.367 e. The largest absolute Gasteiger partial charge is 0.367 e. The lowest BCUT2D eigenvalue weighted by Gasteiger charge is -2.31. The standard InChI is InChI=1S/C18H24N2/c1-4-20(15-12-18(2,3)19-13-15)17-11-7-9-14-8-5-6-10-16(14)17/h5-11,15,19H,4,12-13H2,1-3H3. The maximum absolute atomic E-state index is 3.64. The highest BCUT2D eigenvalue weighted by molar-refractivity contribution is 5.94. The summed E-state index contributed by atoms with van der Waals surface area (Å²) in [5.74, 6) is 0. The minimum absolute atomic E-state index is 0.253. The molecule has 2 nitrogen and oxygen atoms in total. The van der Waals surface area contributed by atoms with E-state index in [9.17, 15) is 0 Å². The van der Waals surface area contributed by atoms with Crippen LogP contribution >= 0.6 is 0 Å². The fourth-order valence-electron chi connectivity index (χ4n) is 3.43. The van der Waals surface area contributed by atoms with Gasteiger partial charge in [-0.05, 0) is 38.6 Å². The molecule has 1 atom stereocenters. The molecule has 2 aromatic rings. The Hall–Kier alpha value is -1.54. The maximum atomic E-state index is 3.64. The summed E-state index contributed by atoms with van der Waals surface area (Å²) < 4.78 is 0. The number of rotatable bonds is 3. The summed E-state index contributed by atoms with van der Waals surface area (Å²) in [5.41, 5.74) is 1.62. The van der Waals surface area contributed by atoms with E-state index in [4.69, 9.17) is 0 Å². The molecule has 3 rings (SSSR count). The van der Waals surface area contributed by atoms with Crippen molar-refractivity contribution in [1.82, 2.24) is 5.32 Å². The van der Waals surface area contributed by atoms with Crippen molar-refractivity contribution in [2.75, 3.05) is 18.0 Å². The average molecular weight is 268 g/mol. The molecule has 1 saturated heterocycles. The van der Waals surface area contributed by atoms with Crippen molar-refractivity contribution >= 4 is 16.5 Å². The van der Waals surface area contributed by atoms with Crippen molar-refractivity contribution in [2.45, 2.75) is 38.8 Å². The molecule has 1 N–H and O–H groups in total. The van der Waals surface area contributed by atoms with Gasteiger partial charge in [0.1, 0.15) is 0 Å². The Morgan fingerprint density at radius 1 is 1.15 bits per heavy atom. The van der Waals surface area contributed by atoms with E-state index in [1.54, 1.807) is 0 Å². The Kier molecular flexibility index (Phi) is 3.43. The molecule has 1 unspecified atom stereocenters. The Balaban J connectivity index is 2.00. The van der Waals surface area contributed by atoms with Gasteiger partial charge in [0.25, 0.3) is 0 Å². The second kappa shape index (κ2) is 5.10. The highest BCUT2D eigenvalue weighted by Crippen LogP contribution is 2.31. The highest BCUT2D eigenvalue weighted by atomic mass is 15.2. The van der Waals surface area contributed by atoms with Gasteiger partial charge < -0.3 is 10.2 Å². The lowest BCUT2D eigenvalue weighted by atomic mass is 9.99. The van der Waals surface area contributed by atoms with Crippen LogP contribution in [0.4, 0.5) is 5.69 Å². The molecular formula is C18H24N2. The summed E-state index contributed by atoms with van der Waals surface area (Å²) in [4.78, 5) is 2.56. The van der Waals surface area contributed by atoms with Crippen molar-refractivity contribution in [1.29, 1.82) is 0 Å². The molecule has 0 aromatic heterocycles. The van der Waals surface area contributed by atoms with E-state index in [1.165, 1.54) is 22.9 Å². The number of nitrogens with one attached hydrogen (secondary N) is 1. The summed E-state index contributed by atoms with van der Waals surface area (Å²) in [7, 11) is 0. The molecule has 0 spiro atoms. The van der Waals surface area contributed by atoms with Gasteiger partial charge in [-0.15, -0.1) is 0 Å². The number of hydrogen-bond donors (Lipinski definition) is 1. The number of fused-ring (bicyclic) bond motifs is 1. The summed E-state index contributed by atoms with van der Waals surface area (Å²) in [6.07, 6.45) is 1.20. The molecule has 1 heterocycles. The van der Waals surface area contributed by atoms with E-state index < -0.39 is 0 Å². The van der Waals surface area contributed by atoms with E-state index in [-0.39, 0.29) is 5.54 Å². The Morgan fingerprint density at radius 2 is 1.90 bits per heavy atom. The zero-order chi connectivity index (χ0) is 14.2. The zero-order valence-electron chi connectivity index (χ0n) is 12.7.